The number of hydrogen-bond donors (Lipinski definition) is 1. The Morgan fingerprint density at radius 1 is 1.67 bits per heavy atom. The summed E-state index contributed by atoms with van der Waals surface area (Å²) < 4.78 is 4.66. The van der Waals surface area contributed by atoms with Crippen LogP contribution < -0.4 is 0 Å². The van der Waals surface area contributed by atoms with Crippen molar-refractivity contribution in [3.8, 4) is 0 Å². The first kappa shape index (κ1) is 7.44. The molecule has 0 unspecified atom stereocenters. The fourth-order valence-electron chi connectivity index (χ4n) is 0.0563. The summed E-state index contributed by atoms with van der Waals surface area (Å²) in [7, 11) is -0.184. The highest BCUT2D eigenvalue weighted by atomic mass is 127. The second kappa shape index (κ2) is 4.60. The van der Waals surface area contributed by atoms with E-state index in [2.05, 4.69) is 4.65 Å². The topological polar surface area (TPSA) is 29.5 Å². The molecule has 0 fully saturated rings. The number of hydrogen-bond acceptors (Lipinski definition) is 2. The van der Waals surface area contributed by atoms with E-state index in [0.717, 1.165) is 0 Å². The molecule has 0 radical (unpaired) electrons. The van der Waals surface area contributed by atoms with Gasteiger partial charge in [0.25, 0.3) is 0 Å². The van der Waals surface area contributed by atoms with Crippen molar-refractivity contribution < 1.29 is 9.68 Å². The molecule has 0 bridgehead atoms. The number of rotatable bonds is 2. The van der Waals surface area contributed by atoms with Gasteiger partial charge in [-0.3, -0.25) is 0 Å². The molecule has 0 aliphatic heterocycles. The van der Waals surface area contributed by atoms with Crippen molar-refractivity contribution in [1.82, 2.24) is 0 Å². The van der Waals surface area contributed by atoms with Gasteiger partial charge < -0.3 is 9.68 Å². The minimum absolute atomic E-state index is 0.0881. The molecular weight excluding hydrogens is 309 g/mol. The summed E-state index contributed by atoms with van der Waals surface area (Å²) in [6.45, 7) is 0. The van der Waals surface area contributed by atoms with Crippen LogP contribution in [0.3, 0.4) is 0 Å². The SMILES string of the molecule is OBOC(I)I. The molecule has 0 spiro atoms. The molecule has 0 aromatic heterocycles. The smallest absolute Gasteiger partial charge is 0.430 e. The maximum atomic E-state index is 8.00. The predicted molar refractivity (Wildman–Crippen MR) is 42.3 cm³/mol. The molecule has 0 saturated heterocycles. The van der Waals surface area contributed by atoms with E-state index in [1.54, 1.807) is 0 Å². The molecule has 0 amide bonds. The summed E-state index contributed by atoms with van der Waals surface area (Å²) in [4.78, 5) is 0. The van der Waals surface area contributed by atoms with E-state index in [1.807, 2.05) is 45.2 Å². The Hall–Kier alpha value is 1.44. The van der Waals surface area contributed by atoms with Gasteiger partial charge in [-0.25, -0.2) is 0 Å². The van der Waals surface area contributed by atoms with Crippen LogP contribution in [0.1, 0.15) is 0 Å². The van der Waals surface area contributed by atoms with Crippen molar-refractivity contribution in [2.75, 3.05) is 0 Å². The maximum absolute atomic E-state index is 8.00. The maximum Gasteiger partial charge on any atom is 0.436 e. The van der Waals surface area contributed by atoms with Crippen LogP contribution in [0.15, 0.2) is 0 Å². The highest BCUT2D eigenvalue weighted by Crippen LogP contribution is 2.08. The van der Waals surface area contributed by atoms with E-state index < -0.39 is 0 Å². The Labute approximate surface area is 64.2 Å². The average Bonchev–Trinajstić information content (AvgIpc) is 1.35. The molecule has 0 aliphatic carbocycles. The van der Waals surface area contributed by atoms with E-state index in [4.69, 9.17) is 5.02 Å². The zero-order valence-corrected chi connectivity index (χ0v) is 7.21. The third-order valence-corrected chi connectivity index (χ3v) is 0.920. The first-order valence-electron chi connectivity index (χ1n) is 1.28. The standard InChI is InChI=1S/CH3BI2O2/c3-1(4)6-2-5/h1-2,5H. The second-order valence-corrected chi connectivity index (χ2v) is 5.20. The summed E-state index contributed by atoms with van der Waals surface area (Å²) in [6.07, 6.45) is 0. The molecule has 0 rings (SSSR count). The van der Waals surface area contributed by atoms with Gasteiger partial charge >= 0.3 is 7.69 Å². The van der Waals surface area contributed by atoms with E-state index in [-0.39, 0.29) is 9.80 Å². The van der Waals surface area contributed by atoms with Crippen molar-refractivity contribution in [3.05, 3.63) is 0 Å². The van der Waals surface area contributed by atoms with E-state index in [1.165, 1.54) is 0 Å². The minimum Gasteiger partial charge on any atom is -0.430 e. The lowest BCUT2D eigenvalue weighted by molar-refractivity contribution is 0.341. The lowest BCUT2D eigenvalue weighted by Gasteiger charge is -1.94. The average molecular weight is 312 g/mol. The Balaban J connectivity index is 2.63. The van der Waals surface area contributed by atoms with Crippen LogP contribution in [0.2, 0.25) is 0 Å². The predicted octanol–water partition coefficient (Wildman–Crippen LogP) is 0.415. The van der Waals surface area contributed by atoms with Gasteiger partial charge in [0.1, 0.15) is 2.12 Å². The molecule has 36 valence electrons. The second-order valence-electron chi connectivity index (χ2n) is 0.556. The van der Waals surface area contributed by atoms with Crippen LogP contribution in [0.4, 0.5) is 0 Å². The van der Waals surface area contributed by atoms with Gasteiger partial charge in [0.05, 0.1) is 0 Å². The third-order valence-electron chi connectivity index (χ3n) is 0.201. The van der Waals surface area contributed by atoms with Crippen LogP contribution in [-0.2, 0) is 4.65 Å². The summed E-state index contributed by atoms with van der Waals surface area (Å²) in [5, 5.41) is 8.00. The van der Waals surface area contributed by atoms with Gasteiger partial charge in [0, 0.05) is 0 Å². The Kier molecular flexibility index (Phi) is 5.71. The Bertz CT molecular complexity index is 32.7. The van der Waals surface area contributed by atoms with Crippen molar-refractivity contribution in [3.63, 3.8) is 0 Å². The van der Waals surface area contributed by atoms with Crippen LogP contribution in [0.5, 0.6) is 0 Å². The number of alkyl halides is 2. The van der Waals surface area contributed by atoms with Crippen molar-refractivity contribution in [2.45, 2.75) is 2.12 Å². The number of halogens is 2. The van der Waals surface area contributed by atoms with Gasteiger partial charge in [-0.2, -0.15) is 0 Å². The molecule has 0 aliphatic rings. The monoisotopic (exact) mass is 312 g/mol. The van der Waals surface area contributed by atoms with Crippen molar-refractivity contribution >= 4 is 52.9 Å². The molecule has 0 aromatic rings. The van der Waals surface area contributed by atoms with Gasteiger partial charge in [-0.05, 0) is 45.2 Å². The lowest BCUT2D eigenvalue weighted by atomic mass is 10.4. The Morgan fingerprint density at radius 3 is 2.17 bits per heavy atom. The molecule has 0 aromatic carbocycles. The van der Waals surface area contributed by atoms with Crippen LogP contribution in [0.25, 0.3) is 0 Å². The molecule has 2 nitrogen and oxygen atoms in total. The molecule has 5 heteroatoms. The van der Waals surface area contributed by atoms with Gasteiger partial charge in [0.15, 0.2) is 0 Å². The van der Waals surface area contributed by atoms with Crippen LogP contribution in [0, 0.1) is 0 Å². The lowest BCUT2D eigenvalue weighted by Crippen LogP contribution is -1.98. The highest BCUT2D eigenvalue weighted by molar-refractivity contribution is 14.2. The Morgan fingerprint density at radius 2 is 2.17 bits per heavy atom. The summed E-state index contributed by atoms with van der Waals surface area (Å²) in [5.74, 6) is 0. The van der Waals surface area contributed by atoms with Crippen molar-refractivity contribution in [2.24, 2.45) is 0 Å². The van der Waals surface area contributed by atoms with Gasteiger partial charge in [-0.1, -0.05) is 0 Å². The van der Waals surface area contributed by atoms with E-state index in [9.17, 15) is 0 Å². The minimum atomic E-state index is -0.184. The summed E-state index contributed by atoms with van der Waals surface area (Å²) in [6, 6.07) is 0. The quantitative estimate of drug-likeness (QED) is 0.455. The van der Waals surface area contributed by atoms with E-state index in [0.29, 0.717) is 0 Å². The van der Waals surface area contributed by atoms with Crippen LogP contribution >= 0.6 is 45.2 Å². The van der Waals surface area contributed by atoms with Gasteiger partial charge in [0.2, 0.25) is 0 Å². The first-order chi connectivity index (χ1) is 2.77. The van der Waals surface area contributed by atoms with Crippen molar-refractivity contribution in [1.29, 1.82) is 0 Å². The summed E-state index contributed by atoms with van der Waals surface area (Å²) in [5.41, 5.74) is 0. The third kappa shape index (κ3) is 5.44. The molecule has 0 heterocycles. The first-order valence-corrected chi connectivity index (χ1v) is 3.77. The molecule has 0 saturated carbocycles. The molecule has 1 N–H and O–H groups in total. The molecule has 0 atom stereocenters. The van der Waals surface area contributed by atoms with Gasteiger partial charge in [-0.15, -0.1) is 0 Å². The normalized spacial score (nSPS) is 9.33. The fraction of sp³-hybridized carbons (Fsp3) is 1.00. The molecule has 6 heavy (non-hydrogen) atoms. The zero-order valence-electron chi connectivity index (χ0n) is 2.90. The fourth-order valence-corrected chi connectivity index (χ4v) is 0.378. The zero-order chi connectivity index (χ0) is 4.99. The summed E-state index contributed by atoms with van der Waals surface area (Å²) >= 11 is 4.09. The van der Waals surface area contributed by atoms with E-state index >= 15 is 0 Å². The highest BCUT2D eigenvalue weighted by Gasteiger charge is 1.91. The largest absolute Gasteiger partial charge is 0.436 e. The molecular formula is CH3BI2O2. The van der Waals surface area contributed by atoms with Crippen LogP contribution in [-0.4, -0.2) is 14.8 Å².